The molecule has 0 bridgehead atoms. The minimum Gasteiger partial charge on any atom is -0.376 e. The van der Waals surface area contributed by atoms with Crippen LogP contribution >= 0.6 is 11.8 Å². The van der Waals surface area contributed by atoms with Crippen molar-refractivity contribution in [3.8, 4) is 0 Å². The number of ether oxygens (including phenoxy) is 1. The predicted octanol–water partition coefficient (Wildman–Crippen LogP) is 3.23. The summed E-state index contributed by atoms with van der Waals surface area (Å²) in [4.78, 5) is 14.9. The predicted molar refractivity (Wildman–Crippen MR) is 115 cm³/mol. The first-order valence-electron chi connectivity index (χ1n) is 11.4. The minimum absolute atomic E-state index is 0.111. The van der Waals surface area contributed by atoms with Gasteiger partial charge in [0.1, 0.15) is 0 Å². The first kappa shape index (κ1) is 21.0. The molecule has 162 valence electrons. The lowest BCUT2D eigenvalue weighted by Crippen LogP contribution is -2.41. The van der Waals surface area contributed by atoms with Crippen LogP contribution in [0.4, 0.5) is 5.95 Å². The van der Waals surface area contributed by atoms with E-state index in [4.69, 9.17) is 4.74 Å². The number of carbonyl (C=O) groups excluding carboxylic acids is 1. The van der Waals surface area contributed by atoms with Crippen LogP contribution in [0.5, 0.6) is 0 Å². The third-order valence-electron chi connectivity index (χ3n) is 6.54. The molecule has 3 atom stereocenters. The molecule has 1 amide bonds. The molecule has 1 saturated carbocycles. The van der Waals surface area contributed by atoms with E-state index in [1.54, 1.807) is 0 Å². The zero-order chi connectivity index (χ0) is 20.1. The summed E-state index contributed by atoms with van der Waals surface area (Å²) in [7, 11) is 0. The van der Waals surface area contributed by atoms with Gasteiger partial charge in [0.15, 0.2) is 5.16 Å². The molecule has 1 aromatic rings. The molecular formula is C21H35N5O2S. The van der Waals surface area contributed by atoms with Crippen molar-refractivity contribution in [2.75, 3.05) is 30.3 Å². The Morgan fingerprint density at radius 3 is 2.69 bits per heavy atom. The maximum Gasteiger partial charge on any atom is 0.230 e. The van der Waals surface area contributed by atoms with Crippen LogP contribution in [0.25, 0.3) is 0 Å². The quantitative estimate of drug-likeness (QED) is 0.682. The van der Waals surface area contributed by atoms with Crippen molar-refractivity contribution >= 4 is 23.6 Å². The molecule has 1 aliphatic carbocycles. The molecule has 2 saturated heterocycles. The number of amides is 1. The smallest absolute Gasteiger partial charge is 0.230 e. The highest BCUT2D eigenvalue weighted by molar-refractivity contribution is 7.99. The topological polar surface area (TPSA) is 72.3 Å². The summed E-state index contributed by atoms with van der Waals surface area (Å²) in [5.74, 6) is 2.03. The van der Waals surface area contributed by atoms with Crippen LogP contribution in [0.15, 0.2) is 5.16 Å². The van der Waals surface area contributed by atoms with Crippen molar-refractivity contribution < 1.29 is 9.53 Å². The van der Waals surface area contributed by atoms with Crippen LogP contribution in [0, 0.1) is 5.92 Å². The summed E-state index contributed by atoms with van der Waals surface area (Å²) in [6, 6.07) is 0.325. The van der Waals surface area contributed by atoms with Crippen LogP contribution in [-0.2, 0) is 16.1 Å². The van der Waals surface area contributed by atoms with E-state index in [1.165, 1.54) is 50.3 Å². The fourth-order valence-electron chi connectivity index (χ4n) is 4.78. The van der Waals surface area contributed by atoms with Gasteiger partial charge in [-0.15, -0.1) is 10.2 Å². The molecule has 1 N–H and O–H groups in total. The molecule has 3 aliphatic rings. The SMILES string of the molecule is CC1CCCCC1NC(=O)CSc1nnc(N2CCCCC2)n1CC1CCCO1. The maximum absolute atomic E-state index is 12.6. The average molecular weight is 422 g/mol. The normalized spacial score (nSPS) is 27.9. The van der Waals surface area contributed by atoms with Crippen molar-refractivity contribution in [3.63, 3.8) is 0 Å². The van der Waals surface area contributed by atoms with E-state index in [2.05, 4.69) is 31.9 Å². The van der Waals surface area contributed by atoms with Gasteiger partial charge in [-0.25, -0.2) is 0 Å². The van der Waals surface area contributed by atoms with Gasteiger partial charge < -0.3 is 15.0 Å². The van der Waals surface area contributed by atoms with Gasteiger partial charge in [-0.1, -0.05) is 31.5 Å². The van der Waals surface area contributed by atoms with Crippen LogP contribution in [0.2, 0.25) is 0 Å². The Kier molecular flexibility index (Phi) is 7.34. The molecule has 1 aromatic heterocycles. The number of anilines is 1. The van der Waals surface area contributed by atoms with E-state index in [0.717, 1.165) is 56.6 Å². The third-order valence-corrected chi connectivity index (χ3v) is 7.50. The van der Waals surface area contributed by atoms with E-state index >= 15 is 0 Å². The second kappa shape index (κ2) is 10.2. The van der Waals surface area contributed by atoms with E-state index in [9.17, 15) is 4.79 Å². The largest absolute Gasteiger partial charge is 0.376 e. The molecule has 3 unspecified atom stereocenters. The van der Waals surface area contributed by atoms with Gasteiger partial charge in [0.25, 0.3) is 0 Å². The molecule has 0 aromatic carbocycles. The lowest BCUT2D eigenvalue weighted by Gasteiger charge is -2.29. The number of rotatable bonds is 7. The molecular weight excluding hydrogens is 386 g/mol. The minimum atomic E-state index is 0.111. The Labute approximate surface area is 178 Å². The fourth-order valence-corrected chi connectivity index (χ4v) is 5.53. The number of hydrogen-bond donors (Lipinski definition) is 1. The summed E-state index contributed by atoms with van der Waals surface area (Å²) in [6.07, 6.45) is 11.0. The third kappa shape index (κ3) is 5.45. The van der Waals surface area contributed by atoms with Gasteiger partial charge in [-0.2, -0.15) is 0 Å². The summed E-state index contributed by atoms with van der Waals surface area (Å²) in [6.45, 7) is 5.95. The maximum atomic E-state index is 12.6. The second-order valence-electron chi connectivity index (χ2n) is 8.80. The van der Waals surface area contributed by atoms with Crippen LogP contribution < -0.4 is 10.2 Å². The first-order chi connectivity index (χ1) is 14.2. The van der Waals surface area contributed by atoms with E-state index in [-0.39, 0.29) is 12.0 Å². The summed E-state index contributed by atoms with van der Waals surface area (Å²) < 4.78 is 8.07. The molecule has 7 nitrogen and oxygen atoms in total. The van der Waals surface area contributed by atoms with Crippen molar-refractivity contribution in [2.45, 2.75) is 88.6 Å². The highest BCUT2D eigenvalue weighted by atomic mass is 32.2. The van der Waals surface area contributed by atoms with Crippen LogP contribution in [0.3, 0.4) is 0 Å². The number of aromatic nitrogens is 3. The van der Waals surface area contributed by atoms with Gasteiger partial charge in [0, 0.05) is 25.7 Å². The number of hydrogen-bond acceptors (Lipinski definition) is 6. The molecule has 4 rings (SSSR count). The molecule has 29 heavy (non-hydrogen) atoms. The number of thioether (sulfide) groups is 1. The number of nitrogens with one attached hydrogen (secondary N) is 1. The molecule has 3 fully saturated rings. The molecule has 0 radical (unpaired) electrons. The van der Waals surface area contributed by atoms with Crippen LogP contribution in [-0.4, -0.2) is 58.3 Å². The van der Waals surface area contributed by atoms with Crippen molar-refractivity contribution in [1.82, 2.24) is 20.1 Å². The molecule has 3 heterocycles. The Hall–Kier alpha value is -1.28. The second-order valence-corrected chi connectivity index (χ2v) is 9.74. The lowest BCUT2D eigenvalue weighted by molar-refractivity contribution is -0.119. The highest BCUT2D eigenvalue weighted by Crippen LogP contribution is 2.27. The van der Waals surface area contributed by atoms with Crippen LogP contribution in [0.1, 0.15) is 64.7 Å². The van der Waals surface area contributed by atoms with Gasteiger partial charge >= 0.3 is 0 Å². The van der Waals surface area contributed by atoms with Crippen molar-refractivity contribution in [3.05, 3.63) is 0 Å². The van der Waals surface area contributed by atoms with Gasteiger partial charge in [-0.05, 0) is 50.9 Å². The molecule has 2 aliphatic heterocycles. The highest BCUT2D eigenvalue weighted by Gasteiger charge is 2.26. The Bertz CT molecular complexity index is 670. The molecule has 8 heteroatoms. The van der Waals surface area contributed by atoms with Crippen molar-refractivity contribution in [2.24, 2.45) is 5.92 Å². The Morgan fingerprint density at radius 2 is 1.93 bits per heavy atom. The number of nitrogens with zero attached hydrogens (tertiary/aromatic N) is 4. The molecule has 0 spiro atoms. The van der Waals surface area contributed by atoms with E-state index in [0.29, 0.717) is 17.7 Å². The monoisotopic (exact) mass is 421 g/mol. The van der Waals surface area contributed by atoms with Gasteiger partial charge in [0.2, 0.25) is 11.9 Å². The van der Waals surface area contributed by atoms with Gasteiger partial charge in [0.05, 0.1) is 18.4 Å². The lowest BCUT2D eigenvalue weighted by atomic mass is 9.86. The summed E-state index contributed by atoms with van der Waals surface area (Å²) >= 11 is 1.51. The zero-order valence-corrected chi connectivity index (χ0v) is 18.5. The zero-order valence-electron chi connectivity index (χ0n) is 17.6. The fraction of sp³-hybridized carbons (Fsp3) is 0.857. The average Bonchev–Trinajstić information content (AvgIpc) is 3.39. The number of carbonyl (C=O) groups is 1. The van der Waals surface area contributed by atoms with Gasteiger partial charge in [-0.3, -0.25) is 9.36 Å². The standard InChI is InChI=1S/C21H35N5O2S/c1-16-8-3-4-10-18(16)22-19(27)15-29-21-24-23-20(25-11-5-2-6-12-25)26(21)14-17-9-7-13-28-17/h16-18H,2-15H2,1H3,(H,22,27). The van der Waals surface area contributed by atoms with Crippen molar-refractivity contribution in [1.29, 1.82) is 0 Å². The first-order valence-corrected chi connectivity index (χ1v) is 12.4. The summed E-state index contributed by atoms with van der Waals surface area (Å²) in [5.41, 5.74) is 0. The van der Waals surface area contributed by atoms with E-state index < -0.39 is 0 Å². The number of piperidine rings is 1. The summed E-state index contributed by atoms with van der Waals surface area (Å²) in [5, 5.41) is 13.1. The van der Waals surface area contributed by atoms with E-state index in [1.807, 2.05) is 0 Å². The Morgan fingerprint density at radius 1 is 1.10 bits per heavy atom. The Balaban J connectivity index is 1.40.